The normalized spacial score (nSPS) is 12.5. The molecule has 0 spiro atoms. The molecule has 11 aromatic carbocycles. The maximum atomic E-state index is 2.46. The molecule has 1 aliphatic rings. The van der Waals surface area contributed by atoms with Gasteiger partial charge in [0.2, 0.25) is 0 Å². The number of anilines is 3. The van der Waals surface area contributed by atoms with Crippen LogP contribution in [0.5, 0.6) is 0 Å². The van der Waals surface area contributed by atoms with Gasteiger partial charge >= 0.3 is 0 Å². The summed E-state index contributed by atoms with van der Waals surface area (Å²) in [7, 11) is 0. The van der Waals surface area contributed by atoms with E-state index in [1.807, 2.05) is 0 Å². The number of nitrogens with zero attached hydrogens (tertiary/aromatic N) is 1. The van der Waals surface area contributed by atoms with Gasteiger partial charge in [-0.3, -0.25) is 0 Å². The van der Waals surface area contributed by atoms with Crippen molar-refractivity contribution in [2.45, 2.75) is 19.3 Å². The lowest BCUT2D eigenvalue weighted by molar-refractivity contribution is 0.660. The van der Waals surface area contributed by atoms with Crippen LogP contribution in [0.4, 0.5) is 17.1 Å². The average Bonchev–Trinajstić information content (AvgIpc) is 3.62. The van der Waals surface area contributed by atoms with E-state index in [4.69, 9.17) is 0 Å². The van der Waals surface area contributed by atoms with Crippen LogP contribution in [-0.2, 0) is 5.41 Å². The van der Waals surface area contributed by atoms with E-state index in [1.54, 1.807) is 0 Å². The molecule has 312 valence electrons. The van der Waals surface area contributed by atoms with Crippen molar-refractivity contribution >= 4 is 38.6 Å². The highest BCUT2D eigenvalue weighted by atomic mass is 15.1. The molecule has 0 unspecified atom stereocenters. The van der Waals surface area contributed by atoms with Gasteiger partial charge in [0, 0.05) is 22.4 Å². The molecule has 1 nitrogen and oxygen atoms in total. The predicted octanol–water partition coefficient (Wildman–Crippen LogP) is 18.1. The first-order chi connectivity index (χ1) is 32.5. The van der Waals surface area contributed by atoms with E-state index < -0.39 is 0 Å². The molecule has 11 aromatic rings. The second-order valence-corrected chi connectivity index (χ2v) is 18.0. The van der Waals surface area contributed by atoms with Crippen molar-refractivity contribution in [2.24, 2.45) is 0 Å². The first-order valence-electron chi connectivity index (χ1n) is 23.0. The number of para-hydroxylation sites is 1. The van der Waals surface area contributed by atoms with E-state index >= 15 is 0 Å². The summed E-state index contributed by atoms with van der Waals surface area (Å²) in [6.07, 6.45) is 0. The lowest BCUT2D eigenvalue weighted by atomic mass is 9.81. The summed E-state index contributed by atoms with van der Waals surface area (Å²) in [6.45, 7) is 4.78. The fourth-order valence-corrected chi connectivity index (χ4v) is 10.6. The minimum atomic E-state index is -0.223. The summed E-state index contributed by atoms with van der Waals surface area (Å²) >= 11 is 0. The van der Waals surface area contributed by atoms with Crippen LogP contribution in [0.1, 0.15) is 25.0 Å². The van der Waals surface area contributed by atoms with Gasteiger partial charge < -0.3 is 4.90 Å². The zero-order valence-corrected chi connectivity index (χ0v) is 37.1. The van der Waals surface area contributed by atoms with Gasteiger partial charge in [-0.15, -0.1) is 0 Å². The van der Waals surface area contributed by atoms with Gasteiger partial charge in [-0.25, -0.2) is 0 Å². The van der Waals surface area contributed by atoms with Crippen LogP contribution < -0.4 is 4.90 Å². The molecule has 0 heterocycles. The van der Waals surface area contributed by atoms with E-state index in [0.717, 1.165) is 17.1 Å². The summed E-state index contributed by atoms with van der Waals surface area (Å²) in [5.74, 6) is 0. The second-order valence-electron chi connectivity index (χ2n) is 18.0. The minimum Gasteiger partial charge on any atom is -0.310 e. The Labute approximate surface area is 387 Å². The fourth-order valence-electron chi connectivity index (χ4n) is 10.6. The molecule has 0 atom stereocenters. The Bertz CT molecular complexity index is 3570. The summed E-state index contributed by atoms with van der Waals surface area (Å²) < 4.78 is 0. The summed E-state index contributed by atoms with van der Waals surface area (Å²) in [5, 5.41) is 5.04. The van der Waals surface area contributed by atoms with Gasteiger partial charge in [-0.05, 0) is 124 Å². The summed E-state index contributed by atoms with van der Waals surface area (Å²) in [6, 6.07) is 91.3. The van der Waals surface area contributed by atoms with Crippen molar-refractivity contribution in [1.82, 2.24) is 0 Å². The summed E-state index contributed by atoms with van der Waals surface area (Å²) in [5.41, 5.74) is 20.7. The third-order valence-corrected chi connectivity index (χ3v) is 13.9. The zero-order chi connectivity index (χ0) is 44.2. The first-order valence-corrected chi connectivity index (χ1v) is 23.0. The highest BCUT2D eigenvalue weighted by molar-refractivity contribution is 6.07. The van der Waals surface area contributed by atoms with Crippen LogP contribution in [0.25, 0.3) is 88.3 Å². The molecule has 0 bridgehead atoms. The molecule has 66 heavy (non-hydrogen) atoms. The third kappa shape index (κ3) is 6.63. The highest BCUT2D eigenvalue weighted by Gasteiger charge is 2.37. The van der Waals surface area contributed by atoms with E-state index in [-0.39, 0.29) is 5.41 Å². The van der Waals surface area contributed by atoms with E-state index in [2.05, 4.69) is 267 Å². The van der Waals surface area contributed by atoms with Crippen LogP contribution in [-0.4, -0.2) is 0 Å². The molecule has 1 heteroatoms. The van der Waals surface area contributed by atoms with Gasteiger partial charge in [0.25, 0.3) is 0 Å². The summed E-state index contributed by atoms with van der Waals surface area (Å²) in [4.78, 5) is 2.46. The number of fused-ring (bicyclic) bond motifs is 5. The molecule has 0 N–H and O–H groups in total. The lowest BCUT2D eigenvalue weighted by Crippen LogP contribution is -2.17. The number of hydrogen-bond acceptors (Lipinski definition) is 1. The van der Waals surface area contributed by atoms with Crippen LogP contribution >= 0.6 is 0 Å². The molecule has 0 radical (unpaired) electrons. The van der Waals surface area contributed by atoms with Gasteiger partial charge in [0.1, 0.15) is 0 Å². The Morgan fingerprint density at radius 1 is 0.303 bits per heavy atom. The fraction of sp³-hybridized carbons (Fsp3) is 0.0462. The molecule has 0 aromatic heterocycles. The molecule has 0 saturated carbocycles. The number of hydrogen-bond donors (Lipinski definition) is 0. The van der Waals surface area contributed by atoms with Gasteiger partial charge in [-0.1, -0.05) is 232 Å². The van der Waals surface area contributed by atoms with Crippen LogP contribution in [0, 0.1) is 0 Å². The van der Waals surface area contributed by atoms with Crippen LogP contribution in [0.3, 0.4) is 0 Å². The Morgan fingerprint density at radius 2 is 0.773 bits per heavy atom. The third-order valence-electron chi connectivity index (χ3n) is 13.9. The Balaban J connectivity index is 0.975. The molecular formula is C65H47N. The van der Waals surface area contributed by atoms with E-state index in [1.165, 1.54) is 99.4 Å². The molecule has 12 rings (SSSR count). The largest absolute Gasteiger partial charge is 0.310 e. The van der Waals surface area contributed by atoms with Crippen molar-refractivity contribution in [2.75, 3.05) is 4.90 Å². The van der Waals surface area contributed by atoms with Crippen molar-refractivity contribution in [3.05, 3.63) is 260 Å². The van der Waals surface area contributed by atoms with Gasteiger partial charge in [0.05, 0.1) is 5.69 Å². The Kier molecular flexibility index (Phi) is 9.58. The van der Waals surface area contributed by atoms with Gasteiger partial charge in [-0.2, -0.15) is 0 Å². The topological polar surface area (TPSA) is 3.24 Å². The predicted molar refractivity (Wildman–Crippen MR) is 281 cm³/mol. The monoisotopic (exact) mass is 841 g/mol. The molecule has 1 aliphatic carbocycles. The maximum Gasteiger partial charge on any atom is 0.0540 e. The SMILES string of the molecule is CC1(C)c2cc(N(c3ccc(-c4cccc5cccc(-c6ccccc6)c45)cc3)c3ccccc3-c3ccccc3)ccc2-c2c(-c3ccc(-c4cccc5ccccc45)cc3)cccc21. The quantitative estimate of drug-likeness (QED) is 0.147. The standard InChI is InChI=1S/C65H47N/c1-65(2)60-31-16-30-58(48-35-33-47(34-36-48)54-27-13-22-44-21-9-10-25-53(44)54)64(60)59-42-41-52(43-61(59)65)66(62-32-12-11-26-55(62)45-17-5-3-6-18-45)51-39-37-49(38-40-51)57-29-15-24-50-23-14-28-56(63(50)57)46-19-7-4-8-20-46/h3-43H,1-2H3. The smallest absolute Gasteiger partial charge is 0.0540 e. The highest BCUT2D eigenvalue weighted by Crippen LogP contribution is 2.54. The van der Waals surface area contributed by atoms with Crippen LogP contribution in [0.2, 0.25) is 0 Å². The van der Waals surface area contributed by atoms with Crippen molar-refractivity contribution in [3.63, 3.8) is 0 Å². The minimum absolute atomic E-state index is 0.223. The van der Waals surface area contributed by atoms with Crippen LogP contribution in [0.15, 0.2) is 249 Å². The first kappa shape index (κ1) is 39.3. The molecule has 0 amide bonds. The number of benzene rings is 11. The second kappa shape index (κ2) is 16.1. The number of rotatable bonds is 8. The Hall–Kier alpha value is -8.26. The molecule has 0 fully saturated rings. The van der Waals surface area contributed by atoms with E-state index in [9.17, 15) is 0 Å². The zero-order valence-electron chi connectivity index (χ0n) is 37.1. The van der Waals surface area contributed by atoms with Gasteiger partial charge in [0.15, 0.2) is 0 Å². The lowest BCUT2D eigenvalue weighted by Gasteiger charge is -2.30. The maximum absolute atomic E-state index is 2.46. The average molecular weight is 842 g/mol. The molecular weight excluding hydrogens is 795 g/mol. The van der Waals surface area contributed by atoms with Crippen molar-refractivity contribution in [3.8, 4) is 66.8 Å². The molecule has 0 aliphatic heterocycles. The Morgan fingerprint density at radius 3 is 1.48 bits per heavy atom. The van der Waals surface area contributed by atoms with E-state index in [0.29, 0.717) is 0 Å². The van der Waals surface area contributed by atoms with Crippen molar-refractivity contribution < 1.29 is 0 Å². The van der Waals surface area contributed by atoms with Crippen molar-refractivity contribution in [1.29, 1.82) is 0 Å². The molecule has 0 saturated heterocycles.